The van der Waals surface area contributed by atoms with Crippen molar-refractivity contribution >= 4 is 16.0 Å². The van der Waals surface area contributed by atoms with Crippen molar-refractivity contribution in [3.8, 4) is 0 Å². The predicted molar refractivity (Wildman–Crippen MR) is 106 cm³/mol. The average molecular weight is 391 g/mol. The molecule has 0 spiro atoms. The minimum Gasteiger partial charge on any atom is -0.465 e. The third-order valence-electron chi connectivity index (χ3n) is 4.12. The molecule has 0 aliphatic rings. The Kier molecular flexibility index (Phi) is 7.53. The first-order chi connectivity index (χ1) is 12.8. The monoisotopic (exact) mass is 390 g/mol. The summed E-state index contributed by atoms with van der Waals surface area (Å²) in [5, 5.41) is 0. The first-order valence-electron chi connectivity index (χ1n) is 8.67. The third-order valence-corrected chi connectivity index (χ3v) is 5.48. The molecule has 2 rings (SSSR count). The van der Waals surface area contributed by atoms with Gasteiger partial charge in [0.15, 0.2) is 0 Å². The number of carbonyl (C=O) groups excluding carboxylic acids is 1. The molecule has 0 radical (unpaired) electrons. The van der Waals surface area contributed by atoms with Crippen LogP contribution in [0.15, 0.2) is 54.6 Å². The fourth-order valence-corrected chi connectivity index (χ4v) is 4.10. The maximum absolute atomic E-state index is 12.7. The molecule has 0 saturated carbocycles. The zero-order valence-corrected chi connectivity index (χ0v) is 16.7. The molecule has 1 unspecified atom stereocenters. The van der Waals surface area contributed by atoms with E-state index in [0.29, 0.717) is 17.5 Å². The van der Waals surface area contributed by atoms with E-state index in [1.54, 1.807) is 24.3 Å². The van der Waals surface area contributed by atoms with Gasteiger partial charge in [-0.05, 0) is 50.3 Å². The quantitative estimate of drug-likeness (QED) is 0.666. The lowest BCUT2D eigenvalue weighted by Gasteiger charge is -2.21. The molecule has 0 fully saturated rings. The van der Waals surface area contributed by atoms with Crippen LogP contribution in [0.5, 0.6) is 0 Å². The summed E-state index contributed by atoms with van der Waals surface area (Å²) in [6, 6.07) is 15.6. The lowest BCUT2D eigenvalue weighted by atomic mass is 10.0. The zero-order valence-electron chi connectivity index (χ0n) is 15.9. The molecule has 0 aliphatic heterocycles. The minimum atomic E-state index is -3.55. The number of rotatable bonds is 9. The van der Waals surface area contributed by atoms with Crippen LogP contribution in [0.1, 0.15) is 33.9 Å². The fraction of sp³-hybridized carbons (Fsp3) is 0.350. The van der Waals surface area contributed by atoms with Crippen LogP contribution in [0.3, 0.4) is 0 Å². The summed E-state index contributed by atoms with van der Waals surface area (Å²) in [5.41, 5.74) is 1.93. The van der Waals surface area contributed by atoms with Crippen LogP contribution >= 0.6 is 0 Å². The van der Waals surface area contributed by atoms with Crippen molar-refractivity contribution in [1.29, 1.82) is 0 Å². The van der Waals surface area contributed by atoms with Gasteiger partial charge >= 0.3 is 5.97 Å². The van der Waals surface area contributed by atoms with Crippen LogP contribution in [-0.2, 0) is 20.5 Å². The number of methoxy groups -OCH3 is 1. The number of hydrogen-bond acceptors (Lipinski definition) is 5. The molecular weight excluding hydrogens is 364 g/mol. The molecule has 0 aromatic heterocycles. The molecule has 7 heteroatoms. The average Bonchev–Trinajstić information content (AvgIpc) is 2.65. The molecule has 1 atom stereocenters. The summed E-state index contributed by atoms with van der Waals surface area (Å²) < 4.78 is 32.8. The maximum Gasteiger partial charge on any atom is 0.337 e. The van der Waals surface area contributed by atoms with E-state index in [4.69, 9.17) is 0 Å². The van der Waals surface area contributed by atoms with Crippen molar-refractivity contribution in [3.63, 3.8) is 0 Å². The van der Waals surface area contributed by atoms with Crippen LogP contribution in [0, 0.1) is 0 Å². The van der Waals surface area contributed by atoms with E-state index in [2.05, 4.69) is 9.46 Å². The van der Waals surface area contributed by atoms with Gasteiger partial charge in [0.2, 0.25) is 10.0 Å². The molecule has 146 valence electrons. The molecule has 2 aromatic rings. The second-order valence-electron chi connectivity index (χ2n) is 6.62. The zero-order chi connectivity index (χ0) is 19.9. The molecule has 0 aliphatic carbocycles. The van der Waals surface area contributed by atoms with E-state index < -0.39 is 16.0 Å². The van der Waals surface area contributed by atoms with Crippen molar-refractivity contribution in [2.75, 3.05) is 27.7 Å². The van der Waals surface area contributed by atoms with Gasteiger partial charge in [0, 0.05) is 6.04 Å². The Hall–Kier alpha value is -2.22. The molecule has 1 N–H and O–H groups in total. The highest BCUT2D eigenvalue weighted by Crippen LogP contribution is 2.19. The van der Waals surface area contributed by atoms with Crippen LogP contribution in [-0.4, -0.2) is 47.0 Å². The standard InChI is InChI=1S/C20H26N2O4S/c1-22(2)14-13-19(17-7-5-4-6-8-17)21-27(24,25)15-16-9-11-18(12-10-16)20(23)26-3/h4-12,19,21H,13-15H2,1-3H3. The van der Waals surface area contributed by atoms with Gasteiger partial charge < -0.3 is 9.64 Å². The van der Waals surface area contributed by atoms with Crippen LogP contribution in [0.2, 0.25) is 0 Å². The lowest BCUT2D eigenvalue weighted by Crippen LogP contribution is -2.32. The minimum absolute atomic E-state index is 0.153. The van der Waals surface area contributed by atoms with Crippen LogP contribution in [0.25, 0.3) is 0 Å². The number of nitrogens with zero attached hydrogens (tertiary/aromatic N) is 1. The first-order valence-corrected chi connectivity index (χ1v) is 10.3. The Morgan fingerprint density at radius 2 is 1.70 bits per heavy atom. The van der Waals surface area contributed by atoms with E-state index >= 15 is 0 Å². The van der Waals surface area contributed by atoms with Crippen molar-refractivity contribution in [3.05, 3.63) is 71.3 Å². The van der Waals surface area contributed by atoms with E-state index in [0.717, 1.165) is 12.1 Å². The number of ether oxygens (including phenoxy) is 1. The Morgan fingerprint density at radius 1 is 1.07 bits per heavy atom. The summed E-state index contributed by atoms with van der Waals surface area (Å²) in [6.45, 7) is 0.760. The second kappa shape index (κ2) is 9.64. The maximum atomic E-state index is 12.7. The molecule has 6 nitrogen and oxygen atoms in total. The van der Waals surface area contributed by atoms with E-state index in [-0.39, 0.29) is 11.8 Å². The molecule has 2 aromatic carbocycles. The van der Waals surface area contributed by atoms with Crippen molar-refractivity contribution in [2.45, 2.75) is 18.2 Å². The molecule has 27 heavy (non-hydrogen) atoms. The number of hydrogen-bond donors (Lipinski definition) is 1. The molecule has 0 bridgehead atoms. The smallest absolute Gasteiger partial charge is 0.337 e. The van der Waals surface area contributed by atoms with Crippen LogP contribution in [0.4, 0.5) is 0 Å². The lowest BCUT2D eigenvalue weighted by molar-refractivity contribution is 0.0600. The number of esters is 1. The molecule has 0 saturated heterocycles. The molecule has 0 heterocycles. The van der Waals surface area contributed by atoms with Gasteiger partial charge in [-0.3, -0.25) is 0 Å². The van der Waals surface area contributed by atoms with Gasteiger partial charge in [-0.15, -0.1) is 0 Å². The topological polar surface area (TPSA) is 75.7 Å². The number of sulfonamides is 1. The Bertz CT molecular complexity index is 834. The Balaban J connectivity index is 2.12. The van der Waals surface area contributed by atoms with E-state index in [1.807, 2.05) is 49.3 Å². The van der Waals surface area contributed by atoms with Gasteiger partial charge in [0.25, 0.3) is 0 Å². The second-order valence-corrected chi connectivity index (χ2v) is 8.37. The summed E-state index contributed by atoms with van der Waals surface area (Å²) in [6.07, 6.45) is 0.664. The summed E-state index contributed by atoms with van der Waals surface area (Å²) in [5.74, 6) is -0.602. The van der Waals surface area contributed by atoms with Gasteiger partial charge in [0.1, 0.15) is 0 Å². The van der Waals surface area contributed by atoms with Gasteiger partial charge in [-0.2, -0.15) is 0 Å². The summed E-state index contributed by atoms with van der Waals surface area (Å²) >= 11 is 0. The predicted octanol–water partition coefficient (Wildman–Crippen LogP) is 2.59. The van der Waals surface area contributed by atoms with E-state index in [1.165, 1.54) is 7.11 Å². The SMILES string of the molecule is COC(=O)c1ccc(CS(=O)(=O)NC(CCN(C)C)c2ccccc2)cc1. The largest absolute Gasteiger partial charge is 0.465 e. The molecular formula is C20H26N2O4S. The van der Waals surface area contributed by atoms with Crippen molar-refractivity contribution in [2.24, 2.45) is 0 Å². The summed E-state index contributed by atoms with van der Waals surface area (Å²) in [7, 11) is 1.67. The Labute approximate surface area is 161 Å². The highest BCUT2D eigenvalue weighted by molar-refractivity contribution is 7.88. The van der Waals surface area contributed by atoms with Crippen LogP contribution < -0.4 is 4.72 Å². The normalized spacial score (nSPS) is 12.7. The van der Waals surface area contributed by atoms with Gasteiger partial charge in [-0.25, -0.2) is 17.9 Å². The third kappa shape index (κ3) is 6.78. The fourth-order valence-electron chi connectivity index (χ4n) is 2.70. The van der Waals surface area contributed by atoms with Crippen molar-refractivity contribution in [1.82, 2.24) is 9.62 Å². The number of benzene rings is 2. The first kappa shape index (κ1) is 21.1. The van der Waals surface area contributed by atoms with Gasteiger partial charge in [0.05, 0.1) is 18.4 Å². The summed E-state index contributed by atoms with van der Waals surface area (Å²) in [4.78, 5) is 13.5. The van der Waals surface area contributed by atoms with E-state index in [9.17, 15) is 13.2 Å². The highest BCUT2D eigenvalue weighted by Gasteiger charge is 2.20. The number of carbonyl (C=O) groups is 1. The highest BCUT2D eigenvalue weighted by atomic mass is 32.2. The number of nitrogens with one attached hydrogen (secondary N) is 1. The molecule has 0 amide bonds. The van der Waals surface area contributed by atoms with Crippen molar-refractivity contribution < 1.29 is 17.9 Å². The van der Waals surface area contributed by atoms with Gasteiger partial charge in [-0.1, -0.05) is 42.5 Å². The Morgan fingerprint density at radius 3 is 2.26 bits per heavy atom.